The highest BCUT2D eigenvalue weighted by atomic mass is 16.3. The molecule has 1 aliphatic rings. The zero-order valence-electron chi connectivity index (χ0n) is 13.0. The lowest BCUT2D eigenvalue weighted by Gasteiger charge is -2.23. The van der Waals surface area contributed by atoms with Gasteiger partial charge in [-0.3, -0.25) is 4.79 Å². The van der Waals surface area contributed by atoms with Crippen LogP contribution in [-0.4, -0.2) is 48.2 Å². The SMILES string of the molecule is C=CC1CCN(C)CCC[C@@H](O)CCC[C@@H](C)C(=O)N1. The molecule has 1 aliphatic heterocycles. The standard InChI is InChI=1S/C16H30N2O2/c1-4-14-10-12-18(3)11-6-9-15(19)8-5-7-13(2)16(20)17-14/h4,13-15,19H,1,5-12H2,2-3H3,(H,17,20)/t13-,14?,15+/m1/s1. The van der Waals surface area contributed by atoms with E-state index in [1.807, 2.05) is 13.0 Å². The van der Waals surface area contributed by atoms with Gasteiger partial charge in [0.1, 0.15) is 0 Å². The maximum Gasteiger partial charge on any atom is 0.223 e. The van der Waals surface area contributed by atoms with E-state index in [9.17, 15) is 9.90 Å². The Labute approximate surface area is 123 Å². The number of amides is 1. The number of aliphatic hydroxyl groups is 1. The average Bonchev–Trinajstić information content (AvgIpc) is 2.42. The first kappa shape index (κ1) is 17.2. The molecule has 1 saturated heterocycles. The quantitative estimate of drug-likeness (QED) is 0.723. The van der Waals surface area contributed by atoms with E-state index in [1.165, 1.54) is 0 Å². The average molecular weight is 282 g/mol. The Morgan fingerprint density at radius 3 is 2.65 bits per heavy atom. The highest BCUT2D eigenvalue weighted by molar-refractivity contribution is 5.78. The van der Waals surface area contributed by atoms with Crippen molar-refractivity contribution in [2.24, 2.45) is 5.92 Å². The van der Waals surface area contributed by atoms with Gasteiger partial charge in [0.25, 0.3) is 0 Å². The van der Waals surface area contributed by atoms with E-state index in [-0.39, 0.29) is 24.0 Å². The van der Waals surface area contributed by atoms with Crippen LogP contribution >= 0.6 is 0 Å². The second-order valence-electron chi connectivity index (χ2n) is 6.07. The fourth-order valence-electron chi connectivity index (χ4n) is 2.58. The highest BCUT2D eigenvalue weighted by Crippen LogP contribution is 2.14. The molecular formula is C16H30N2O2. The van der Waals surface area contributed by atoms with Crippen molar-refractivity contribution in [3.63, 3.8) is 0 Å². The lowest BCUT2D eigenvalue weighted by atomic mass is 9.99. The summed E-state index contributed by atoms with van der Waals surface area (Å²) in [7, 11) is 2.09. The molecule has 1 rings (SSSR count). The van der Waals surface area contributed by atoms with Gasteiger partial charge in [0, 0.05) is 18.5 Å². The molecule has 0 aromatic carbocycles. The van der Waals surface area contributed by atoms with Crippen LogP contribution in [0.1, 0.15) is 45.4 Å². The predicted octanol–water partition coefficient (Wildman–Crippen LogP) is 1.94. The summed E-state index contributed by atoms with van der Waals surface area (Å²) in [4.78, 5) is 14.3. The van der Waals surface area contributed by atoms with Gasteiger partial charge in [0.15, 0.2) is 0 Å². The maximum atomic E-state index is 12.1. The van der Waals surface area contributed by atoms with Crippen LogP contribution < -0.4 is 5.32 Å². The van der Waals surface area contributed by atoms with E-state index in [1.54, 1.807) is 0 Å². The van der Waals surface area contributed by atoms with Crippen LogP contribution in [0.3, 0.4) is 0 Å². The summed E-state index contributed by atoms with van der Waals surface area (Å²) in [5, 5.41) is 13.0. The molecule has 0 aliphatic carbocycles. The summed E-state index contributed by atoms with van der Waals surface area (Å²) in [5.41, 5.74) is 0. The van der Waals surface area contributed by atoms with Crippen molar-refractivity contribution < 1.29 is 9.90 Å². The molecular weight excluding hydrogens is 252 g/mol. The zero-order chi connectivity index (χ0) is 15.0. The minimum Gasteiger partial charge on any atom is -0.393 e. The Morgan fingerprint density at radius 1 is 1.25 bits per heavy atom. The summed E-state index contributed by atoms with van der Waals surface area (Å²) >= 11 is 0. The lowest BCUT2D eigenvalue weighted by Crippen LogP contribution is -2.39. The Hall–Kier alpha value is -0.870. The fraction of sp³-hybridized carbons (Fsp3) is 0.812. The van der Waals surface area contributed by atoms with Crippen molar-refractivity contribution in [2.45, 2.75) is 57.6 Å². The number of hydrogen-bond donors (Lipinski definition) is 2. The molecule has 4 heteroatoms. The Balaban J connectivity index is 2.58. The third-order valence-electron chi connectivity index (χ3n) is 4.13. The summed E-state index contributed by atoms with van der Waals surface area (Å²) in [6.07, 6.45) is 6.93. The van der Waals surface area contributed by atoms with Gasteiger partial charge in [-0.2, -0.15) is 0 Å². The number of carbonyl (C=O) groups is 1. The number of nitrogens with zero attached hydrogens (tertiary/aromatic N) is 1. The van der Waals surface area contributed by atoms with Crippen LogP contribution in [0.15, 0.2) is 12.7 Å². The van der Waals surface area contributed by atoms with Crippen LogP contribution in [0.5, 0.6) is 0 Å². The van der Waals surface area contributed by atoms with Crippen LogP contribution in [0.2, 0.25) is 0 Å². The second kappa shape index (κ2) is 9.14. The second-order valence-corrected chi connectivity index (χ2v) is 6.07. The summed E-state index contributed by atoms with van der Waals surface area (Å²) in [6.45, 7) is 7.70. The van der Waals surface area contributed by atoms with E-state index in [2.05, 4.69) is 23.8 Å². The first-order chi connectivity index (χ1) is 9.52. The van der Waals surface area contributed by atoms with Gasteiger partial charge in [-0.1, -0.05) is 19.4 Å². The molecule has 4 nitrogen and oxygen atoms in total. The molecule has 3 atom stereocenters. The van der Waals surface area contributed by atoms with Gasteiger partial charge in [0.05, 0.1) is 6.10 Å². The first-order valence-electron chi connectivity index (χ1n) is 7.82. The molecule has 1 unspecified atom stereocenters. The molecule has 1 fully saturated rings. The number of carbonyl (C=O) groups excluding carboxylic acids is 1. The molecule has 2 N–H and O–H groups in total. The molecule has 0 bridgehead atoms. The number of aliphatic hydroxyl groups excluding tert-OH is 1. The minimum absolute atomic E-state index is 0.00493. The fourth-order valence-corrected chi connectivity index (χ4v) is 2.58. The Morgan fingerprint density at radius 2 is 1.95 bits per heavy atom. The number of hydrogen-bond acceptors (Lipinski definition) is 3. The number of nitrogens with one attached hydrogen (secondary N) is 1. The van der Waals surface area contributed by atoms with Crippen molar-refractivity contribution in [1.29, 1.82) is 0 Å². The van der Waals surface area contributed by atoms with Crippen molar-refractivity contribution >= 4 is 5.91 Å². The minimum atomic E-state index is -0.220. The predicted molar refractivity (Wildman–Crippen MR) is 82.5 cm³/mol. The van der Waals surface area contributed by atoms with Crippen LogP contribution in [0, 0.1) is 5.92 Å². The van der Waals surface area contributed by atoms with Gasteiger partial charge in [-0.15, -0.1) is 6.58 Å². The van der Waals surface area contributed by atoms with E-state index in [4.69, 9.17) is 0 Å². The van der Waals surface area contributed by atoms with Gasteiger partial charge in [-0.05, 0) is 45.7 Å². The third kappa shape index (κ3) is 6.53. The topological polar surface area (TPSA) is 52.6 Å². The van der Waals surface area contributed by atoms with Crippen molar-refractivity contribution in [3.8, 4) is 0 Å². The van der Waals surface area contributed by atoms with E-state index in [0.717, 1.165) is 51.6 Å². The first-order valence-corrected chi connectivity index (χ1v) is 7.82. The zero-order valence-corrected chi connectivity index (χ0v) is 13.0. The van der Waals surface area contributed by atoms with Crippen LogP contribution in [-0.2, 0) is 4.79 Å². The largest absolute Gasteiger partial charge is 0.393 e. The molecule has 1 heterocycles. The molecule has 1 amide bonds. The Kier molecular flexibility index (Phi) is 7.85. The van der Waals surface area contributed by atoms with Gasteiger partial charge in [-0.25, -0.2) is 0 Å². The monoisotopic (exact) mass is 282 g/mol. The molecule has 0 aromatic heterocycles. The Bertz CT molecular complexity index is 307. The van der Waals surface area contributed by atoms with Crippen molar-refractivity contribution in [2.75, 3.05) is 20.1 Å². The van der Waals surface area contributed by atoms with Crippen molar-refractivity contribution in [1.82, 2.24) is 10.2 Å². The van der Waals surface area contributed by atoms with Gasteiger partial charge >= 0.3 is 0 Å². The van der Waals surface area contributed by atoms with Gasteiger partial charge < -0.3 is 15.3 Å². The molecule has 116 valence electrons. The molecule has 20 heavy (non-hydrogen) atoms. The maximum absolute atomic E-state index is 12.1. The molecule has 0 saturated carbocycles. The van der Waals surface area contributed by atoms with E-state index in [0.29, 0.717) is 0 Å². The van der Waals surface area contributed by atoms with Crippen LogP contribution in [0.25, 0.3) is 0 Å². The molecule has 0 radical (unpaired) electrons. The summed E-state index contributed by atoms with van der Waals surface area (Å²) in [5.74, 6) is 0.106. The molecule has 0 spiro atoms. The third-order valence-corrected chi connectivity index (χ3v) is 4.13. The summed E-state index contributed by atoms with van der Waals surface area (Å²) < 4.78 is 0. The molecule has 0 aromatic rings. The van der Waals surface area contributed by atoms with Gasteiger partial charge in [0.2, 0.25) is 5.91 Å². The number of rotatable bonds is 1. The summed E-state index contributed by atoms with van der Waals surface area (Å²) in [6, 6.07) is 0.0564. The van der Waals surface area contributed by atoms with E-state index >= 15 is 0 Å². The van der Waals surface area contributed by atoms with Crippen LogP contribution in [0.4, 0.5) is 0 Å². The smallest absolute Gasteiger partial charge is 0.223 e. The highest BCUT2D eigenvalue weighted by Gasteiger charge is 2.17. The normalized spacial score (nSPS) is 32.1. The van der Waals surface area contributed by atoms with Crippen molar-refractivity contribution in [3.05, 3.63) is 12.7 Å². The van der Waals surface area contributed by atoms with E-state index < -0.39 is 0 Å². The lowest BCUT2D eigenvalue weighted by molar-refractivity contribution is -0.125.